The normalized spacial score (nSPS) is 11.3. The second-order valence-corrected chi connectivity index (χ2v) is 4.75. The molecule has 0 atom stereocenters. The van der Waals surface area contributed by atoms with E-state index in [4.69, 9.17) is 5.21 Å². The predicted octanol–water partition coefficient (Wildman–Crippen LogP) is 1.14. The van der Waals surface area contributed by atoms with Crippen LogP contribution in [-0.2, 0) is 17.9 Å². The quantitative estimate of drug-likeness (QED) is 0.361. The highest BCUT2D eigenvalue weighted by Gasteiger charge is 2.04. The zero-order valence-electron chi connectivity index (χ0n) is 12.5. The van der Waals surface area contributed by atoms with E-state index in [1.165, 1.54) is 13.3 Å². The Kier molecular flexibility index (Phi) is 6.04. The minimum atomic E-state index is 0.876. The van der Waals surface area contributed by atoms with Crippen molar-refractivity contribution in [3.63, 3.8) is 0 Å². The van der Waals surface area contributed by atoms with Gasteiger partial charge in [0.25, 0.3) is 0 Å². The standard InChI is InChI=1S/C16H19N4O2/c1-22-18-14-16-5-11-20(12-6-16)8-2-7-19-9-3-15(4-10-19)13-17-21/h3-6,9-14H,2,7-8H2,1H3/q+1/p+1/b18-14+. The van der Waals surface area contributed by atoms with Gasteiger partial charge >= 0.3 is 0 Å². The van der Waals surface area contributed by atoms with Gasteiger partial charge in [-0.1, -0.05) is 10.3 Å². The van der Waals surface area contributed by atoms with Gasteiger partial charge in [0.15, 0.2) is 37.9 Å². The molecule has 0 aliphatic carbocycles. The second kappa shape index (κ2) is 8.51. The van der Waals surface area contributed by atoms with E-state index < -0.39 is 0 Å². The van der Waals surface area contributed by atoms with Crippen molar-refractivity contribution in [2.24, 2.45) is 10.3 Å². The number of rotatable bonds is 7. The van der Waals surface area contributed by atoms with Crippen molar-refractivity contribution < 1.29 is 19.2 Å². The van der Waals surface area contributed by atoms with E-state index in [9.17, 15) is 0 Å². The smallest absolute Gasteiger partial charge is 0.169 e. The second-order valence-electron chi connectivity index (χ2n) is 4.75. The van der Waals surface area contributed by atoms with Gasteiger partial charge in [-0.3, -0.25) is 0 Å². The lowest BCUT2D eigenvalue weighted by Crippen LogP contribution is -2.38. The third-order valence-electron chi connectivity index (χ3n) is 3.18. The van der Waals surface area contributed by atoms with Crippen LogP contribution in [0.3, 0.4) is 0 Å². The maximum Gasteiger partial charge on any atom is 0.169 e. The fourth-order valence-corrected chi connectivity index (χ4v) is 2.02. The molecule has 2 aromatic heterocycles. The molecule has 6 heteroatoms. The number of oxime groups is 2. The van der Waals surface area contributed by atoms with Crippen LogP contribution in [0.25, 0.3) is 0 Å². The first-order valence-electron chi connectivity index (χ1n) is 7.04. The molecule has 0 fully saturated rings. The average Bonchev–Trinajstić information content (AvgIpc) is 2.56. The molecular formula is C16H20N4O2+2. The zero-order chi connectivity index (χ0) is 15.6. The van der Waals surface area contributed by atoms with Crippen LogP contribution >= 0.6 is 0 Å². The Balaban J connectivity index is 1.81. The Morgan fingerprint density at radius 1 is 0.955 bits per heavy atom. The molecule has 22 heavy (non-hydrogen) atoms. The van der Waals surface area contributed by atoms with Crippen molar-refractivity contribution in [2.45, 2.75) is 19.5 Å². The number of aryl methyl sites for hydroxylation is 2. The van der Waals surface area contributed by atoms with Gasteiger partial charge in [-0.25, -0.2) is 9.13 Å². The minimum Gasteiger partial charge on any atom is -0.411 e. The molecule has 0 unspecified atom stereocenters. The molecule has 0 radical (unpaired) electrons. The van der Waals surface area contributed by atoms with Crippen molar-refractivity contribution >= 4 is 12.4 Å². The summed E-state index contributed by atoms with van der Waals surface area (Å²) in [7, 11) is 1.53. The first-order valence-corrected chi connectivity index (χ1v) is 7.04. The maximum absolute atomic E-state index is 8.47. The Morgan fingerprint density at radius 2 is 1.45 bits per heavy atom. The highest BCUT2D eigenvalue weighted by Crippen LogP contribution is 1.93. The summed E-state index contributed by atoms with van der Waals surface area (Å²) in [4.78, 5) is 4.65. The van der Waals surface area contributed by atoms with Crippen LogP contribution in [0.15, 0.2) is 59.4 Å². The van der Waals surface area contributed by atoms with E-state index in [-0.39, 0.29) is 0 Å². The predicted molar refractivity (Wildman–Crippen MR) is 81.9 cm³/mol. The van der Waals surface area contributed by atoms with E-state index in [1.54, 1.807) is 6.21 Å². The molecule has 0 spiro atoms. The molecule has 0 saturated heterocycles. The SMILES string of the molecule is CO/N=C/c1cc[n+](CCC[n+]2ccc(/C=N\O)cc2)cc1. The summed E-state index contributed by atoms with van der Waals surface area (Å²) in [6.07, 6.45) is 12.1. The van der Waals surface area contributed by atoms with Gasteiger partial charge in [-0.15, -0.1) is 0 Å². The van der Waals surface area contributed by atoms with Crippen LogP contribution in [0, 0.1) is 0 Å². The lowest BCUT2D eigenvalue weighted by molar-refractivity contribution is -0.726. The summed E-state index contributed by atoms with van der Waals surface area (Å²) in [5, 5.41) is 15.2. The van der Waals surface area contributed by atoms with Gasteiger partial charge in [-0.2, -0.15) is 0 Å². The summed E-state index contributed by atoms with van der Waals surface area (Å²) >= 11 is 0. The number of nitrogens with zero attached hydrogens (tertiary/aromatic N) is 4. The molecule has 2 aromatic rings. The number of hydrogen-bond donors (Lipinski definition) is 1. The van der Waals surface area contributed by atoms with Crippen LogP contribution < -0.4 is 9.13 Å². The van der Waals surface area contributed by atoms with Crippen molar-refractivity contribution in [1.29, 1.82) is 0 Å². The highest BCUT2D eigenvalue weighted by molar-refractivity contribution is 5.78. The van der Waals surface area contributed by atoms with Crippen LogP contribution in [0.5, 0.6) is 0 Å². The fourth-order valence-electron chi connectivity index (χ4n) is 2.02. The van der Waals surface area contributed by atoms with E-state index >= 15 is 0 Å². The van der Waals surface area contributed by atoms with Crippen molar-refractivity contribution in [3.05, 3.63) is 60.2 Å². The molecule has 0 aromatic carbocycles. The molecule has 6 nitrogen and oxygen atoms in total. The van der Waals surface area contributed by atoms with Gasteiger partial charge in [0.05, 0.1) is 18.9 Å². The molecule has 2 heterocycles. The Hall–Kier alpha value is -2.76. The third-order valence-corrected chi connectivity index (χ3v) is 3.18. The molecule has 1 N–H and O–H groups in total. The largest absolute Gasteiger partial charge is 0.411 e. The van der Waals surface area contributed by atoms with Gasteiger partial charge in [0, 0.05) is 35.4 Å². The minimum absolute atomic E-state index is 0.876. The van der Waals surface area contributed by atoms with E-state index in [2.05, 4.69) is 24.3 Å². The van der Waals surface area contributed by atoms with Gasteiger partial charge in [0.1, 0.15) is 7.11 Å². The van der Waals surface area contributed by atoms with Gasteiger partial charge in [0.2, 0.25) is 0 Å². The Labute approximate surface area is 129 Å². The molecule has 2 rings (SSSR count). The monoisotopic (exact) mass is 300 g/mol. The lowest BCUT2D eigenvalue weighted by atomic mass is 10.3. The summed E-state index contributed by atoms with van der Waals surface area (Å²) in [6.45, 7) is 1.87. The molecule has 0 aliphatic rings. The first-order chi connectivity index (χ1) is 10.8. The Morgan fingerprint density at radius 3 is 1.91 bits per heavy atom. The summed E-state index contributed by atoms with van der Waals surface area (Å²) in [5.41, 5.74) is 1.88. The summed E-state index contributed by atoms with van der Waals surface area (Å²) in [5.74, 6) is 0. The van der Waals surface area contributed by atoms with E-state index in [0.717, 1.165) is 30.6 Å². The van der Waals surface area contributed by atoms with E-state index in [0.29, 0.717) is 0 Å². The maximum atomic E-state index is 8.47. The molecular weight excluding hydrogens is 280 g/mol. The highest BCUT2D eigenvalue weighted by atomic mass is 16.6. The van der Waals surface area contributed by atoms with Gasteiger partial charge < -0.3 is 10.0 Å². The molecule has 114 valence electrons. The summed E-state index contributed by atoms with van der Waals surface area (Å²) in [6, 6.07) is 7.82. The van der Waals surface area contributed by atoms with Crippen LogP contribution in [0.4, 0.5) is 0 Å². The zero-order valence-corrected chi connectivity index (χ0v) is 12.5. The number of aromatic nitrogens is 2. The number of hydrogen-bond acceptors (Lipinski definition) is 4. The third kappa shape index (κ3) is 4.97. The van der Waals surface area contributed by atoms with Crippen LogP contribution in [-0.4, -0.2) is 24.7 Å². The van der Waals surface area contributed by atoms with Crippen LogP contribution in [0.2, 0.25) is 0 Å². The molecule has 0 bridgehead atoms. The average molecular weight is 300 g/mol. The molecule has 0 amide bonds. The van der Waals surface area contributed by atoms with Crippen molar-refractivity contribution in [1.82, 2.24) is 0 Å². The summed E-state index contributed by atoms with van der Waals surface area (Å²) < 4.78 is 4.24. The number of pyridine rings is 2. The fraction of sp³-hybridized carbons (Fsp3) is 0.250. The topological polar surface area (TPSA) is 61.9 Å². The molecule has 0 saturated carbocycles. The van der Waals surface area contributed by atoms with Crippen LogP contribution in [0.1, 0.15) is 17.5 Å². The lowest BCUT2D eigenvalue weighted by Gasteiger charge is -1.97. The van der Waals surface area contributed by atoms with Crippen molar-refractivity contribution in [3.8, 4) is 0 Å². The van der Waals surface area contributed by atoms with Gasteiger partial charge in [-0.05, 0) is 0 Å². The molecule has 0 aliphatic heterocycles. The van der Waals surface area contributed by atoms with E-state index in [1.807, 2.05) is 49.1 Å². The van der Waals surface area contributed by atoms with Crippen molar-refractivity contribution in [2.75, 3.05) is 7.11 Å². The Bertz CT molecular complexity index is 622. The first kappa shape index (κ1) is 15.6.